The number of hydrogen-bond donors (Lipinski definition) is 1. The van der Waals surface area contributed by atoms with E-state index in [1.807, 2.05) is 19.9 Å². The molecule has 0 saturated heterocycles. The van der Waals surface area contributed by atoms with Crippen LogP contribution in [0.2, 0.25) is 0 Å². The van der Waals surface area contributed by atoms with E-state index in [-0.39, 0.29) is 17.6 Å². The molecule has 0 bridgehead atoms. The molecule has 1 atom stereocenters. The summed E-state index contributed by atoms with van der Waals surface area (Å²) in [7, 11) is 0. The number of amides is 1. The number of ether oxygens (including phenoxy) is 1. The number of carbonyl (C=O) groups is 1. The van der Waals surface area contributed by atoms with E-state index in [0.29, 0.717) is 18.7 Å². The van der Waals surface area contributed by atoms with Gasteiger partial charge in [0, 0.05) is 18.2 Å². The van der Waals surface area contributed by atoms with E-state index < -0.39 is 5.82 Å². The van der Waals surface area contributed by atoms with E-state index in [0.717, 1.165) is 22.4 Å². The first-order valence-electron chi connectivity index (χ1n) is 8.88. The van der Waals surface area contributed by atoms with Crippen LogP contribution in [0.15, 0.2) is 48.7 Å². The Kier molecular flexibility index (Phi) is 4.39. The summed E-state index contributed by atoms with van der Waals surface area (Å²) in [5, 5.41) is 7.27. The Morgan fingerprint density at radius 2 is 2.07 bits per heavy atom. The smallest absolute Gasteiger partial charge is 0.272 e. The van der Waals surface area contributed by atoms with Crippen molar-refractivity contribution in [2.45, 2.75) is 26.3 Å². The zero-order chi connectivity index (χ0) is 19.0. The van der Waals surface area contributed by atoms with Gasteiger partial charge >= 0.3 is 0 Å². The van der Waals surface area contributed by atoms with Crippen molar-refractivity contribution in [3.63, 3.8) is 0 Å². The van der Waals surface area contributed by atoms with Gasteiger partial charge in [-0.3, -0.25) is 4.79 Å². The van der Waals surface area contributed by atoms with Gasteiger partial charge in [0.15, 0.2) is 5.69 Å². The molecule has 1 aliphatic heterocycles. The van der Waals surface area contributed by atoms with Crippen molar-refractivity contribution in [3.05, 3.63) is 76.9 Å². The first-order chi connectivity index (χ1) is 13.0. The molecule has 6 heteroatoms. The van der Waals surface area contributed by atoms with Crippen molar-refractivity contribution >= 4 is 5.91 Å². The minimum absolute atomic E-state index is 0.140. The third kappa shape index (κ3) is 3.30. The molecule has 1 amide bonds. The number of rotatable bonds is 3. The fraction of sp³-hybridized carbons (Fsp3) is 0.238. The van der Waals surface area contributed by atoms with Crippen LogP contribution in [0, 0.1) is 19.7 Å². The third-order valence-electron chi connectivity index (χ3n) is 4.70. The molecule has 5 nitrogen and oxygen atoms in total. The second-order valence-corrected chi connectivity index (χ2v) is 6.76. The first kappa shape index (κ1) is 17.3. The van der Waals surface area contributed by atoms with Crippen LogP contribution in [0.4, 0.5) is 4.39 Å². The molecule has 138 valence electrons. The lowest BCUT2D eigenvalue weighted by Crippen LogP contribution is -2.32. The Morgan fingerprint density at radius 1 is 1.26 bits per heavy atom. The highest BCUT2D eigenvalue weighted by Crippen LogP contribution is 2.35. The van der Waals surface area contributed by atoms with Crippen LogP contribution in [0.25, 0.3) is 5.69 Å². The summed E-state index contributed by atoms with van der Waals surface area (Å²) >= 11 is 0. The van der Waals surface area contributed by atoms with Gasteiger partial charge in [-0.2, -0.15) is 5.10 Å². The molecule has 1 unspecified atom stereocenters. The zero-order valence-corrected chi connectivity index (χ0v) is 15.2. The quantitative estimate of drug-likeness (QED) is 0.766. The molecule has 3 aromatic rings. The third-order valence-corrected chi connectivity index (χ3v) is 4.70. The van der Waals surface area contributed by atoms with Crippen molar-refractivity contribution in [2.24, 2.45) is 0 Å². The van der Waals surface area contributed by atoms with E-state index >= 15 is 0 Å². The number of halogens is 1. The maximum Gasteiger partial charge on any atom is 0.272 e. The highest BCUT2D eigenvalue weighted by molar-refractivity contribution is 5.92. The normalized spacial score (nSPS) is 15.7. The Hall–Kier alpha value is -3.15. The minimum atomic E-state index is -0.392. The molecule has 0 saturated carbocycles. The number of hydrogen-bond acceptors (Lipinski definition) is 3. The van der Waals surface area contributed by atoms with Gasteiger partial charge in [0.05, 0.1) is 12.6 Å². The predicted octanol–water partition coefficient (Wildman–Crippen LogP) is 3.88. The topological polar surface area (TPSA) is 56.2 Å². The van der Waals surface area contributed by atoms with Crippen molar-refractivity contribution < 1.29 is 13.9 Å². The van der Waals surface area contributed by atoms with Gasteiger partial charge in [0.25, 0.3) is 5.91 Å². The second-order valence-electron chi connectivity index (χ2n) is 6.76. The minimum Gasteiger partial charge on any atom is -0.493 e. The van der Waals surface area contributed by atoms with Crippen LogP contribution in [0.1, 0.15) is 39.6 Å². The van der Waals surface area contributed by atoms with Crippen LogP contribution < -0.4 is 10.1 Å². The molecular weight excluding hydrogens is 345 g/mol. The summed E-state index contributed by atoms with van der Waals surface area (Å²) in [6.45, 7) is 4.58. The molecule has 4 rings (SSSR count). The van der Waals surface area contributed by atoms with Crippen LogP contribution >= 0.6 is 0 Å². The number of benzene rings is 2. The standard InChI is InChI=1S/C21H20FN3O2/c1-13-11-14(2)20-15(12-13)17(8-10-27-20)23-21(26)18-7-9-25(24-18)19-6-4-3-5-16(19)22/h3-7,9,11-12,17H,8,10H2,1-2H3,(H,23,26). The van der Waals surface area contributed by atoms with Gasteiger partial charge in [-0.15, -0.1) is 0 Å². The van der Waals surface area contributed by atoms with E-state index in [1.54, 1.807) is 30.5 Å². The lowest BCUT2D eigenvalue weighted by Gasteiger charge is -2.28. The van der Waals surface area contributed by atoms with Crippen LogP contribution in [0.3, 0.4) is 0 Å². The molecule has 2 aromatic carbocycles. The number of para-hydroxylation sites is 1. The lowest BCUT2D eigenvalue weighted by molar-refractivity contribution is 0.0919. The van der Waals surface area contributed by atoms with Gasteiger partial charge in [0.1, 0.15) is 17.3 Å². The SMILES string of the molecule is Cc1cc(C)c2c(c1)C(NC(=O)c1ccn(-c3ccccc3F)n1)CCO2. The average molecular weight is 365 g/mol. The number of fused-ring (bicyclic) bond motifs is 1. The Labute approximate surface area is 156 Å². The molecule has 1 aliphatic rings. The van der Waals surface area contributed by atoms with Crippen molar-refractivity contribution in [1.82, 2.24) is 15.1 Å². The Balaban J connectivity index is 1.57. The summed E-state index contributed by atoms with van der Waals surface area (Å²) < 4.78 is 21.1. The maximum atomic E-state index is 13.9. The van der Waals surface area contributed by atoms with Crippen LogP contribution in [-0.2, 0) is 0 Å². The van der Waals surface area contributed by atoms with Crippen molar-refractivity contribution in [3.8, 4) is 11.4 Å². The van der Waals surface area contributed by atoms with Crippen molar-refractivity contribution in [1.29, 1.82) is 0 Å². The molecule has 1 aromatic heterocycles. The van der Waals surface area contributed by atoms with Gasteiger partial charge < -0.3 is 10.1 Å². The van der Waals surface area contributed by atoms with Crippen LogP contribution in [0.5, 0.6) is 5.75 Å². The van der Waals surface area contributed by atoms with E-state index in [4.69, 9.17) is 4.74 Å². The number of nitrogens with zero attached hydrogens (tertiary/aromatic N) is 2. The second kappa shape index (κ2) is 6.87. The molecular formula is C21H20FN3O2. The summed E-state index contributed by atoms with van der Waals surface area (Å²) in [4.78, 5) is 12.7. The van der Waals surface area contributed by atoms with Crippen molar-refractivity contribution in [2.75, 3.05) is 6.61 Å². The van der Waals surface area contributed by atoms with E-state index in [9.17, 15) is 9.18 Å². The van der Waals surface area contributed by atoms with Gasteiger partial charge in [-0.1, -0.05) is 29.8 Å². The molecule has 2 heterocycles. The Bertz CT molecular complexity index is 1010. The molecule has 0 spiro atoms. The summed E-state index contributed by atoms with van der Waals surface area (Å²) in [6.07, 6.45) is 2.27. The fourth-order valence-corrected chi connectivity index (χ4v) is 3.48. The van der Waals surface area contributed by atoms with Gasteiger partial charge in [0.2, 0.25) is 0 Å². The number of carbonyl (C=O) groups excluding carboxylic acids is 1. The highest BCUT2D eigenvalue weighted by Gasteiger charge is 2.26. The molecule has 27 heavy (non-hydrogen) atoms. The summed E-state index contributed by atoms with van der Waals surface area (Å²) in [6, 6.07) is 11.9. The summed E-state index contributed by atoms with van der Waals surface area (Å²) in [5.41, 5.74) is 3.73. The number of nitrogens with one attached hydrogen (secondary N) is 1. The molecule has 0 radical (unpaired) electrons. The van der Waals surface area contributed by atoms with E-state index in [2.05, 4.69) is 16.5 Å². The molecule has 0 aliphatic carbocycles. The van der Waals surface area contributed by atoms with Crippen LogP contribution in [-0.4, -0.2) is 22.3 Å². The summed E-state index contributed by atoms with van der Waals surface area (Å²) in [5.74, 6) is 0.160. The lowest BCUT2D eigenvalue weighted by atomic mass is 9.95. The number of aromatic nitrogens is 2. The predicted molar refractivity (Wildman–Crippen MR) is 99.8 cm³/mol. The first-order valence-corrected chi connectivity index (χ1v) is 8.88. The van der Waals surface area contributed by atoms with Gasteiger partial charge in [-0.05, 0) is 37.6 Å². The molecule has 1 N–H and O–H groups in total. The zero-order valence-electron chi connectivity index (χ0n) is 15.2. The fourth-order valence-electron chi connectivity index (χ4n) is 3.48. The molecule has 0 fully saturated rings. The Morgan fingerprint density at radius 3 is 2.89 bits per heavy atom. The maximum absolute atomic E-state index is 13.9. The average Bonchev–Trinajstić information content (AvgIpc) is 3.13. The van der Waals surface area contributed by atoms with Gasteiger partial charge in [-0.25, -0.2) is 9.07 Å². The number of aryl methyl sites for hydroxylation is 2. The largest absolute Gasteiger partial charge is 0.493 e. The van der Waals surface area contributed by atoms with E-state index in [1.165, 1.54) is 10.7 Å². The highest BCUT2D eigenvalue weighted by atomic mass is 19.1. The monoisotopic (exact) mass is 365 g/mol.